The van der Waals surface area contributed by atoms with E-state index in [0.717, 1.165) is 5.56 Å². The molecule has 2 heterocycles. The third-order valence-electron chi connectivity index (χ3n) is 5.58. The van der Waals surface area contributed by atoms with Crippen LogP contribution in [0, 0.1) is 10.1 Å². The molecule has 134 valence electrons. The molecule has 0 aromatic heterocycles. The topological polar surface area (TPSA) is 84.7 Å². The molecule has 0 saturated carbocycles. The fourth-order valence-electron chi connectivity index (χ4n) is 4.43. The molecule has 2 aliphatic rings. The maximum absolute atomic E-state index is 13.0. The van der Waals surface area contributed by atoms with Gasteiger partial charge >= 0.3 is 0 Å². The Kier molecular flexibility index (Phi) is 3.69. The summed E-state index contributed by atoms with van der Waals surface area (Å²) in [5.74, 6) is -0.0480. The number of carbonyl (C=O) groups is 1. The second-order valence-electron chi connectivity index (χ2n) is 6.76. The monoisotopic (exact) mass is 353 g/mol. The molecule has 1 saturated heterocycles. The van der Waals surface area contributed by atoms with Crippen LogP contribution in [0.1, 0.15) is 17.0 Å². The number of benzene rings is 2. The number of hydrogen-bond donors (Lipinski definition) is 1. The molecule has 0 bridgehead atoms. The van der Waals surface area contributed by atoms with Crippen molar-refractivity contribution in [3.05, 3.63) is 69.8 Å². The van der Waals surface area contributed by atoms with E-state index >= 15 is 0 Å². The van der Waals surface area contributed by atoms with Crippen molar-refractivity contribution in [3.63, 3.8) is 0 Å². The molecule has 1 spiro atoms. The van der Waals surface area contributed by atoms with E-state index in [1.165, 1.54) is 0 Å². The van der Waals surface area contributed by atoms with Gasteiger partial charge < -0.3 is 10.1 Å². The summed E-state index contributed by atoms with van der Waals surface area (Å²) >= 11 is 0. The van der Waals surface area contributed by atoms with E-state index in [9.17, 15) is 14.9 Å². The van der Waals surface area contributed by atoms with Crippen molar-refractivity contribution in [2.75, 3.05) is 26.0 Å². The van der Waals surface area contributed by atoms with Crippen LogP contribution < -0.4 is 10.1 Å². The lowest BCUT2D eigenvalue weighted by atomic mass is 9.79. The molecule has 0 aliphatic carbocycles. The minimum atomic E-state index is -1.30. The van der Waals surface area contributed by atoms with Gasteiger partial charge in [0.1, 0.15) is 5.75 Å². The van der Waals surface area contributed by atoms with Gasteiger partial charge in [-0.15, -0.1) is 0 Å². The minimum absolute atomic E-state index is 0.305. The number of nitrogens with zero attached hydrogens (tertiary/aromatic N) is 2. The third-order valence-corrected chi connectivity index (χ3v) is 5.58. The predicted octanol–water partition coefficient (Wildman–Crippen LogP) is 2.22. The van der Waals surface area contributed by atoms with E-state index in [4.69, 9.17) is 4.74 Å². The molecule has 2 aliphatic heterocycles. The number of nitro groups is 1. The highest BCUT2D eigenvalue weighted by molar-refractivity contribution is 6.06. The number of likely N-dealkylation sites (tertiary alicyclic amines) is 1. The largest absolute Gasteiger partial charge is 0.497 e. The van der Waals surface area contributed by atoms with Gasteiger partial charge in [-0.3, -0.25) is 19.8 Å². The summed E-state index contributed by atoms with van der Waals surface area (Å²) < 4.78 is 5.18. The lowest BCUT2D eigenvalue weighted by molar-refractivity contribution is -0.534. The molecule has 0 radical (unpaired) electrons. The number of carbonyl (C=O) groups excluding carboxylic acids is 1. The van der Waals surface area contributed by atoms with Crippen LogP contribution in [0.2, 0.25) is 0 Å². The fraction of sp³-hybridized carbons (Fsp3) is 0.316. The standard InChI is InChI=1S/C19H19N3O4/c1-21-11-14(12-7-9-13(26-2)10-8-12)17(22(24)25)19(21)15-5-3-4-6-16(15)20-18(19)23/h3-10,14,17H,11H2,1-2H3,(H,20,23)/t14-,17-,19+/m0/s1. The summed E-state index contributed by atoms with van der Waals surface area (Å²) in [6.45, 7) is 0.416. The number of rotatable bonds is 3. The first kappa shape index (κ1) is 16.5. The van der Waals surface area contributed by atoms with Crippen molar-refractivity contribution in [2.45, 2.75) is 17.5 Å². The van der Waals surface area contributed by atoms with Crippen molar-refractivity contribution in [1.82, 2.24) is 4.90 Å². The van der Waals surface area contributed by atoms with Crippen molar-refractivity contribution in [2.24, 2.45) is 0 Å². The Labute approximate surface area is 150 Å². The average Bonchev–Trinajstić information content (AvgIpc) is 3.11. The minimum Gasteiger partial charge on any atom is -0.497 e. The van der Waals surface area contributed by atoms with E-state index in [2.05, 4.69) is 5.32 Å². The molecule has 7 heteroatoms. The van der Waals surface area contributed by atoms with E-state index in [1.54, 1.807) is 38.4 Å². The molecule has 26 heavy (non-hydrogen) atoms. The van der Waals surface area contributed by atoms with Gasteiger partial charge in [-0.2, -0.15) is 0 Å². The highest BCUT2D eigenvalue weighted by Crippen LogP contribution is 2.51. The second-order valence-corrected chi connectivity index (χ2v) is 6.76. The van der Waals surface area contributed by atoms with Gasteiger partial charge in [0.15, 0.2) is 5.54 Å². The second kappa shape index (κ2) is 5.81. The number of amides is 1. The Hall–Kier alpha value is -2.93. The van der Waals surface area contributed by atoms with Gasteiger partial charge in [-0.1, -0.05) is 30.3 Å². The van der Waals surface area contributed by atoms with E-state index in [1.807, 2.05) is 29.2 Å². The fourth-order valence-corrected chi connectivity index (χ4v) is 4.43. The van der Waals surface area contributed by atoms with Gasteiger partial charge in [0.2, 0.25) is 0 Å². The van der Waals surface area contributed by atoms with Crippen molar-refractivity contribution in [1.29, 1.82) is 0 Å². The SMILES string of the molecule is COc1ccc([C@@H]2CN(C)[C@@]3(C(=O)Nc4ccccc43)[C@H]2[N+](=O)[O-])cc1. The predicted molar refractivity (Wildman–Crippen MR) is 95.9 cm³/mol. The van der Waals surface area contributed by atoms with E-state index < -0.39 is 17.5 Å². The van der Waals surface area contributed by atoms with Crippen molar-refractivity contribution >= 4 is 11.6 Å². The normalized spacial score (nSPS) is 27.4. The number of para-hydroxylation sites is 1. The number of ether oxygens (including phenoxy) is 1. The van der Waals surface area contributed by atoms with Crippen LogP contribution in [-0.4, -0.2) is 42.5 Å². The zero-order valence-electron chi connectivity index (χ0n) is 14.5. The zero-order chi connectivity index (χ0) is 18.5. The van der Waals surface area contributed by atoms with Crippen LogP contribution in [0.25, 0.3) is 0 Å². The van der Waals surface area contributed by atoms with E-state index in [0.29, 0.717) is 23.5 Å². The average molecular weight is 353 g/mol. The molecular formula is C19H19N3O4. The van der Waals surface area contributed by atoms with Crippen LogP contribution in [-0.2, 0) is 10.3 Å². The van der Waals surface area contributed by atoms with Gasteiger partial charge in [-0.25, -0.2) is 0 Å². The maximum atomic E-state index is 13.0. The number of anilines is 1. The molecular weight excluding hydrogens is 334 g/mol. The number of fused-ring (bicyclic) bond motifs is 2. The number of hydrogen-bond acceptors (Lipinski definition) is 5. The maximum Gasteiger partial charge on any atom is 0.256 e. The summed E-state index contributed by atoms with van der Waals surface area (Å²) in [4.78, 5) is 26.6. The Morgan fingerprint density at radius 1 is 1.23 bits per heavy atom. The van der Waals surface area contributed by atoms with Gasteiger partial charge in [-0.05, 0) is 30.8 Å². The molecule has 1 fully saturated rings. The van der Waals surface area contributed by atoms with Crippen LogP contribution >= 0.6 is 0 Å². The zero-order valence-corrected chi connectivity index (χ0v) is 14.5. The van der Waals surface area contributed by atoms with Crippen LogP contribution in [0.3, 0.4) is 0 Å². The Morgan fingerprint density at radius 3 is 2.58 bits per heavy atom. The highest BCUT2D eigenvalue weighted by Gasteiger charge is 2.68. The number of nitrogens with one attached hydrogen (secondary N) is 1. The summed E-state index contributed by atoms with van der Waals surface area (Å²) in [6.07, 6.45) is 0. The van der Waals surface area contributed by atoms with Crippen LogP contribution in [0.4, 0.5) is 5.69 Å². The summed E-state index contributed by atoms with van der Waals surface area (Å²) in [6, 6.07) is 13.4. The molecule has 3 atom stereocenters. The summed E-state index contributed by atoms with van der Waals surface area (Å²) in [5.41, 5.74) is 0.843. The lowest BCUT2D eigenvalue weighted by Crippen LogP contribution is -2.54. The lowest BCUT2D eigenvalue weighted by Gasteiger charge is -2.30. The quantitative estimate of drug-likeness (QED) is 0.676. The molecule has 2 aromatic rings. The van der Waals surface area contributed by atoms with Gasteiger partial charge in [0.25, 0.3) is 11.9 Å². The van der Waals surface area contributed by atoms with Crippen molar-refractivity contribution < 1.29 is 14.5 Å². The number of methoxy groups -OCH3 is 1. The first-order valence-corrected chi connectivity index (χ1v) is 8.39. The Bertz CT molecular complexity index is 883. The molecule has 2 aromatic carbocycles. The van der Waals surface area contributed by atoms with E-state index in [-0.39, 0.29) is 10.8 Å². The van der Waals surface area contributed by atoms with Gasteiger partial charge in [0, 0.05) is 22.7 Å². The molecule has 7 nitrogen and oxygen atoms in total. The first-order chi connectivity index (χ1) is 12.5. The molecule has 4 rings (SSSR count). The van der Waals surface area contributed by atoms with Gasteiger partial charge in [0.05, 0.1) is 13.0 Å². The summed E-state index contributed by atoms with van der Waals surface area (Å²) in [5, 5.41) is 15.0. The van der Waals surface area contributed by atoms with Crippen LogP contribution in [0.5, 0.6) is 5.75 Å². The smallest absolute Gasteiger partial charge is 0.256 e. The highest BCUT2D eigenvalue weighted by atomic mass is 16.6. The molecule has 1 N–H and O–H groups in total. The third kappa shape index (κ3) is 2.07. The number of likely N-dealkylation sites (N-methyl/N-ethyl adjacent to an activating group) is 1. The first-order valence-electron chi connectivity index (χ1n) is 8.39. The Balaban J connectivity index is 1.86. The summed E-state index contributed by atoms with van der Waals surface area (Å²) in [7, 11) is 3.36. The van der Waals surface area contributed by atoms with Crippen molar-refractivity contribution in [3.8, 4) is 5.75 Å². The molecule has 0 unspecified atom stereocenters. The van der Waals surface area contributed by atoms with Crippen LogP contribution in [0.15, 0.2) is 48.5 Å². The molecule has 1 amide bonds. The Morgan fingerprint density at radius 2 is 1.92 bits per heavy atom.